The maximum absolute atomic E-state index is 5.89. The minimum Gasteiger partial charge on any atom is -0.381 e. The zero-order valence-corrected chi connectivity index (χ0v) is 10.0. The molecule has 5 nitrogen and oxygen atoms in total. The molecule has 0 bridgehead atoms. The second-order valence-corrected chi connectivity index (χ2v) is 4.44. The molecule has 2 aromatic heterocycles. The summed E-state index contributed by atoms with van der Waals surface area (Å²) in [6.45, 7) is 1.54. The van der Waals surface area contributed by atoms with Crippen molar-refractivity contribution in [3.05, 3.63) is 30.2 Å². The van der Waals surface area contributed by atoms with Crippen LogP contribution >= 0.6 is 0 Å². The average Bonchev–Trinajstić information content (AvgIpc) is 2.83. The highest BCUT2D eigenvalue weighted by molar-refractivity contribution is 5.74. The number of aromatic nitrogens is 2. The summed E-state index contributed by atoms with van der Waals surface area (Å²) in [5.41, 5.74) is 8.67. The van der Waals surface area contributed by atoms with E-state index in [1.165, 1.54) is 0 Å². The Bertz CT molecular complexity index is 518. The van der Waals surface area contributed by atoms with Crippen molar-refractivity contribution in [3.63, 3.8) is 0 Å². The minimum atomic E-state index is 0.356. The van der Waals surface area contributed by atoms with Gasteiger partial charge in [0.15, 0.2) is 0 Å². The first kappa shape index (κ1) is 11.2. The van der Waals surface area contributed by atoms with E-state index in [0.29, 0.717) is 11.8 Å². The molecule has 2 aromatic rings. The van der Waals surface area contributed by atoms with Gasteiger partial charge in [-0.2, -0.15) is 0 Å². The number of hydrogen-bond acceptors (Lipinski definition) is 5. The summed E-state index contributed by atoms with van der Waals surface area (Å²) in [6, 6.07) is 3.86. The van der Waals surface area contributed by atoms with Crippen LogP contribution in [0.1, 0.15) is 24.5 Å². The van der Waals surface area contributed by atoms with Crippen LogP contribution in [0, 0.1) is 0 Å². The normalized spacial score (nSPS) is 16.9. The third kappa shape index (κ3) is 1.97. The Kier molecular flexibility index (Phi) is 2.98. The lowest BCUT2D eigenvalue weighted by Gasteiger charge is -2.20. The van der Waals surface area contributed by atoms with Gasteiger partial charge in [0.05, 0.1) is 11.3 Å². The molecular weight excluding hydrogens is 230 g/mol. The van der Waals surface area contributed by atoms with Crippen LogP contribution in [0.15, 0.2) is 29.0 Å². The Morgan fingerprint density at radius 1 is 1.28 bits per heavy atom. The fourth-order valence-electron chi connectivity index (χ4n) is 2.37. The first-order chi connectivity index (χ1) is 8.86. The number of nitrogens with two attached hydrogens (primary N) is 1. The van der Waals surface area contributed by atoms with Crippen LogP contribution in [0.4, 0.5) is 5.88 Å². The number of nitrogens with zero attached hydrogens (tertiary/aromatic N) is 2. The number of hydrogen-bond donors (Lipinski definition) is 1. The molecule has 0 aromatic carbocycles. The first-order valence-electron chi connectivity index (χ1n) is 6.09. The van der Waals surface area contributed by atoms with Crippen LogP contribution in [0.5, 0.6) is 0 Å². The zero-order valence-electron chi connectivity index (χ0n) is 10.0. The maximum atomic E-state index is 5.89. The summed E-state index contributed by atoms with van der Waals surface area (Å²) < 4.78 is 10.5. The Labute approximate surface area is 105 Å². The summed E-state index contributed by atoms with van der Waals surface area (Å²) in [5.74, 6) is 0.722. The molecule has 1 aliphatic heterocycles. The van der Waals surface area contributed by atoms with Gasteiger partial charge in [0.2, 0.25) is 5.88 Å². The van der Waals surface area contributed by atoms with Crippen LogP contribution in [-0.4, -0.2) is 23.4 Å². The molecule has 94 valence electrons. The number of ether oxygens (including phenoxy) is 1. The largest absolute Gasteiger partial charge is 0.381 e. The molecule has 1 saturated heterocycles. The van der Waals surface area contributed by atoms with Crippen LogP contribution in [-0.2, 0) is 4.74 Å². The fourth-order valence-corrected chi connectivity index (χ4v) is 2.37. The lowest BCUT2D eigenvalue weighted by Crippen LogP contribution is -2.15. The smallest absolute Gasteiger partial charge is 0.230 e. The van der Waals surface area contributed by atoms with Gasteiger partial charge in [0.1, 0.15) is 0 Å². The number of anilines is 1. The summed E-state index contributed by atoms with van der Waals surface area (Å²) >= 11 is 0. The van der Waals surface area contributed by atoms with E-state index in [1.807, 2.05) is 12.1 Å². The molecule has 0 amide bonds. The van der Waals surface area contributed by atoms with E-state index in [9.17, 15) is 0 Å². The van der Waals surface area contributed by atoms with Gasteiger partial charge in [0, 0.05) is 37.1 Å². The van der Waals surface area contributed by atoms with Gasteiger partial charge in [-0.3, -0.25) is 4.98 Å². The highest BCUT2D eigenvalue weighted by Gasteiger charge is 2.25. The van der Waals surface area contributed by atoms with Crippen molar-refractivity contribution >= 4 is 5.88 Å². The SMILES string of the molecule is Nc1onc(C2CCOCC2)c1-c1cccnc1. The maximum Gasteiger partial charge on any atom is 0.230 e. The highest BCUT2D eigenvalue weighted by atomic mass is 16.5. The lowest BCUT2D eigenvalue weighted by atomic mass is 9.91. The van der Waals surface area contributed by atoms with Crippen molar-refractivity contribution in [1.29, 1.82) is 0 Å². The number of pyridine rings is 1. The minimum absolute atomic E-state index is 0.356. The van der Waals surface area contributed by atoms with Gasteiger partial charge in [-0.25, -0.2) is 0 Å². The van der Waals surface area contributed by atoms with E-state index >= 15 is 0 Å². The topological polar surface area (TPSA) is 74.2 Å². The quantitative estimate of drug-likeness (QED) is 0.878. The molecule has 2 N–H and O–H groups in total. The zero-order chi connectivity index (χ0) is 12.4. The van der Waals surface area contributed by atoms with Crippen molar-refractivity contribution < 1.29 is 9.26 Å². The van der Waals surface area contributed by atoms with E-state index in [2.05, 4.69) is 10.1 Å². The van der Waals surface area contributed by atoms with Gasteiger partial charge in [-0.1, -0.05) is 11.2 Å². The van der Waals surface area contributed by atoms with Gasteiger partial charge < -0.3 is 15.0 Å². The Morgan fingerprint density at radius 2 is 2.11 bits per heavy atom. The van der Waals surface area contributed by atoms with Crippen molar-refractivity contribution in [2.45, 2.75) is 18.8 Å². The summed E-state index contributed by atoms with van der Waals surface area (Å²) in [4.78, 5) is 4.12. The molecule has 1 aliphatic rings. The molecule has 1 fully saturated rings. The monoisotopic (exact) mass is 245 g/mol. The molecule has 5 heteroatoms. The number of nitrogen functional groups attached to an aromatic ring is 1. The Hall–Kier alpha value is -1.88. The molecule has 0 atom stereocenters. The van der Waals surface area contributed by atoms with E-state index in [-0.39, 0.29) is 0 Å². The Balaban J connectivity index is 2.01. The van der Waals surface area contributed by atoms with Crippen LogP contribution in [0.25, 0.3) is 11.1 Å². The summed E-state index contributed by atoms with van der Waals surface area (Å²) in [7, 11) is 0. The molecule has 0 spiro atoms. The van der Waals surface area contributed by atoms with Gasteiger partial charge in [-0.05, 0) is 18.9 Å². The van der Waals surface area contributed by atoms with Crippen LogP contribution < -0.4 is 5.73 Å². The molecule has 18 heavy (non-hydrogen) atoms. The fraction of sp³-hybridized carbons (Fsp3) is 0.385. The predicted octanol–water partition coefficient (Wildman–Crippen LogP) is 2.21. The summed E-state index contributed by atoms with van der Waals surface area (Å²) in [6.07, 6.45) is 5.44. The van der Waals surface area contributed by atoms with Gasteiger partial charge in [-0.15, -0.1) is 0 Å². The van der Waals surface area contributed by atoms with Crippen LogP contribution in [0.2, 0.25) is 0 Å². The highest BCUT2D eigenvalue weighted by Crippen LogP contribution is 2.37. The van der Waals surface area contributed by atoms with E-state index in [4.69, 9.17) is 15.0 Å². The Morgan fingerprint density at radius 3 is 2.83 bits per heavy atom. The second kappa shape index (κ2) is 4.78. The molecule has 3 rings (SSSR count). The average molecular weight is 245 g/mol. The van der Waals surface area contributed by atoms with Crippen molar-refractivity contribution in [3.8, 4) is 11.1 Å². The predicted molar refractivity (Wildman–Crippen MR) is 66.9 cm³/mol. The van der Waals surface area contributed by atoms with Gasteiger partial charge in [0.25, 0.3) is 0 Å². The molecule has 0 radical (unpaired) electrons. The van der Waals surface area contributed by atoms with Crippen molar-refractivity contribution in [2.24, 2.45) is 0 Å². The third-order valence-corrected chi connectivity index (χ3v) is 3.30. The van der Waals surface area contributed by atoms with E-state index < -0.39 is 0 Å². The summed E-state index contributed by atoms with van der Waals surface area (Å²) in [5, 5.41) is 4.13. The lowest BCUT2D eigenvalue weighted by molar-refractivity contribution is 0.0839. The molecule has 3 heterocycles. The molecular formula is C13H15N3O2. The van der Waals surface area contributed by atoms with Gasteiger partial charge >= 0.3 is 0 Å². The van der Waals surface area contributed by atoms with E-state index in [1.54, 1.807) is 12.4 Å². The van der Waals surface area contributed by atoms with E-state index in [0.717, 1.165) is 42.9 Å². The van der Waals surface area contributed by atoms with Crippen molar-refractivity contribution in [2.75, 3.05) is 18.9 Å². The second-order valence-electron chi connectivity index (χ2n) is 4.44. The molecule has 0 saturated carbocycles. The number of rotatable bonds is 2. The van der Waals surface area contributed by atoms with Crippen LogP contribution in [0.3, 0.4) is 0 Å². The van der Waals surface area contributed by atoms with Crippen molar-refractivity contribution in [1.82, 2.24) is 10.1 Å². The standard InChI is InChI=1S/C13H15N3O2/c14-13-11(10-2-1-5-15-8-10)12(16-18-13)9-3-6-17-7-4-9/h1-2,5,8-9H,3-4,6-7,14H2. The third-order valence-electron chi connectivity index (χ3n) is 3.30. The first-order valence-corrected chi connectivity index (χ1v) is 6.09. The molecule has 0 unspecified atom stereocenters. The molecule has 0 aliphatic carbocycles.